The van der Waals surface area contributed by atoms with Gasteiger partial charge in [-0.3, -0.25) is 4.79 Å². The van der Waals surface area contributed by atoms with E-state index in [0.29, 0.717) is 12.1 Å². The fraction of sp³-hybridized carbons (Fsp3) is 0.500. The Morgan fingerprint density at radius 2 is 2.12 bits per heavy atom. The van der Waals surface area contributed by atoms with Crippen LogP contribution in [0.25, 0.3) is 0 Å². The Kier molecular flexibility index (Phi) is 5.53. The number of carbonyl (C=O) groups is 1. The van der Waals surface area contributed by atoms with Crippen LogP contribution in [-0.2, 0) is 11.2 Å². The van der Waals surface area contributed by atoms with Crippen molar-refractivity contribution in [1.82, 2.24) is 9.97 Å². The zero-order valence-electron chi connectivity index (χ0n) is 15.1. The van der Waals surface area contributed by atoms with Gasteiger partial charge in [0.15, 0.2) is 5.82 Å². The molecule has 6 nitrogen and oxygen atoms in total. The molecule has 0 spiro atoms. The highest BCUT2D eigenvalue weighted by molar-refractivity contribution is 7.10. The van der Waals surface area contributed by atoms with Crippen LogP contribution in [0.2, 0.25) is 0 Å². The van der Waals surface area contributed by atoms with Gasteiger partial charge in [0.05, 0.1) is 6.20 Å². The standard InChI is InChI=1S/C18H25N5OS/c1-13-8-11-25-15(13)6-7-16(24)20-14-12-19-18(21-17(14)22(2)3)23-9-4-5-10-23/h8,11-12H,4-7,9-10H2,1-3H3,(H,20,24). The minimum absolute atomic E-state index is 0.00609. The molecule has 2 aromatic heterocycles. The van der Waals surface area contributed by atoms with Crippen LogP contribution in [0.3, 0.4) is 0 Å². The minimum Gasteiger partial charge on any atom is -0.361 e. The second-order valence-electron chi connectivity index (χ2n) is 6.57. The van der Waals surface area contributed by atoms with E-state index >= 15 is 0 Å². The molecule has 0 aliphatic carbocycles. The molecular weight excluding hydrogens is 334 g/mol. The first-order valence-electron chi connectivity index (χ1n) is 8.66. The molecule has 1 saturated heterocycles. The summed E-state index contributed by atoms with van der Waals surface area (Å²) in [6, 6.07) is 2.09. The van der Waals surface area contributed by atoms with Crippen LogP contribution in [0.4, 0.5) is 17.5 Å². The normalized spacial score (nSPS) is 14.0. The summed E-state index contributed by atoms with van der Waals surface area (Å²) < 4.78 is 0. The SMILES string of the molecule is Cc1ccsc1CCC(=O)Nc1cnc(N2CCCC2)nc1N(C)C. The molecule has 25 heavy (non-hydrogen) atoms. The van der Waals surface area contributed by atoms with Crippen LogP contribution in [0.5, 0.6) is 0 Å². The third-order valence-electron chi connectivity index (χ3n) is 4.39. The van der Waals surface area contributed by atoms with Gasteiger partial charge < -0.3 is 15.1 Å². The number of nitrogens with one attached hydrogen (secondary N) is 1. The van der Waals surface area contributed by atoms with E-state index in [4.69, 9.17) is 0 Å². The summed E-state index contributed by atoms with van der Waals surface area (Å²) in [7, 11) is 3.86. The van der Waals surface area contributed by atoms with Gasteiger partial charge in [0.25, 0.3) is 0 Å². The number of thiophene rings is 1. The highest BCUT2D eigenvalue weighted by Gasteiger charge is 2.18. The lowest BCUT2D eigenvalue weighted by atomic mass is 10.2. The molecule has 0 unspecified atom stereocenters. The predicted octanol–water partition coefficient (Wildman–Crippen LogP) is 3.08. The zero-order chi connectivity index (χ0) is 17.8. The number of aromatic nitrogens is 2. The molecule has 1 aliphatic rings. The summed E-state index contributed by atoms with van der Waals surface area (Å²) in [5.74, 6) is 1.49. The molecule has 1 N–H and O–H groups in total. The summed E-state index contributed by atoms with van der Waals surface area (Å²) in [5.41, 5.74) is 1.92. The minimum atomic E-state index is -0.00609. The molecular formula is C18H25N5OS. The van der Waals surface area contributed by atoms with E-state index in [1.807, 2.05) is 19.0 Å². The quantitative estimate of drug-likeness (QED) is 0.859. The number of carbonyl (C=O) groups excluding carboxylic acids is 1. The van der Waals surface area contributed by atoms with Gasteiger partial charge in [0.2, 0.25) is 11.9 Å². The fourth-order valence-corrected chi connectivity index (χ4v) is 3.87. The lowest BCUT2D eigenvalue weighted by Crippen LogP contribution is -2.23. The summed E-state index contributed by atoms with van der Waals surface area (Å²) in [6.45, 7) is 4.08. The first kappa shape index (κ1) is 17.7. The van der Waals surface area contributed by atoms with Gasteiger partial charge >= 0.3 is 0 Å². The van der Waals surface area contributed by atoms with Gasteiger partial charge in [0, 0.05) is 38.5 Å². The highest BCUT2D eigenvalue weighted by Crippen LogP contribution is 2.26. The second kappa shape index (κ2) is 7.82. The van der Waals surface area contributed by atoms with Gasteiger partial charge in [0.1, 0.15) is 5.69 Å². The van der Waals surface area contributed by atoms with Crippen molar-refractivity contribution in [2.24, 2.45) is 0 Å². The van der Waals surface area contributed by atoms with Crippen molar-refractivity contribution >= 4 is 34.7 Å². The Labute approximate surface area is 152 Å². The Morgan fingerprint density at radius 1 is 1.36 bits per heavy atom. The van der Waals surface area contributed by atoms with E-state index in [1.165, 1.54) is 23.3 Å². The summed E-state index contributed by atoms with van der Waals surface area (Å²) in [6.07, 6.45) is 5.31. The van der Waals surface area contributed by atoms with Crippen LogP contribution in [0, 0.1) is 6.92 Å². The van der Waals surface area contributed by atoms with Crippen LogP contribution in [-0.4, -0.2) is 43.1 Å². The van der Waals surface area contributed by atoms with Crippen molar-refractivity contribution in [3.05, 3.63) is 28.1 Å². The molecule has 3 heterocycles. The first-order valence-corrected chi connectivity index (χ1v) is 9.54. The first-order chi connectivity index (χ1) is 12.0. The van der Waals surface area contributed by atoms with E-state index in [9.17, 15) is 4.79 Å². The van der Waals surface area contributed by atoms with Gasteiger partial charge in [-0.05, 0) is 43.2 Å². The van der Waals surface area contributed by atoms with E-state index in [2.05, 4.69) is 38.6 Å². The number of rotatable bonds is 6. The maximum atomic E-state index is 12.3. The Hall–Kier alpha value is -2.15. The lowest BCUT2D eigenvalue weighted by molar-refractivity contribution is -0.116. The second-order valence-corrected chi connectivity index (χ2v) is 7.57. The fourth-order valence-electron chi connectivity index (χ4n) is 2.96. The average Bonchev–Trinajstić information content (AvgIpc) is 3.25. The van der Waals surface area contributed by atoms with Crippen LogP contribution < -0.4 is 15.1 Å². The van der Waals surface area contributed by atoms with Crippen molar-refractivity contribution in [2.75, 3.05) is 42.3 Å². The van der Waals surface area contributed by atoms with Crippen LogP contribution >= 0.6 is 11.3 Å². The van der Waals surface area contributed by atoms with E-state index in [-0.39, 0.29) is 5.91 Å². The van der Waals surface area contributed by atoms with Crippen LogP contribution in [0.15, 0.2) is 17.6 Å². The third kappa shape index (κ3) is 4.28. The van der Waals surface area contributed by atoms with Crippen molar-refractivity contribution in [3.63, 3.8) is 0 Å². The van der Waals surface area contributed by atoms with E-state index in [0.717, 1.165) is 31.3 Å². The summed E-state index contributed by atoms with van der Waals surface area (Å²) in [5, 5.41) is 5.04. The molecule has 0 radical (unpaired) electrons. The monoisotopic (exact) mass is 359 g/mol. The molecule has 1 amide bonds. The number of amides is 1. The molecule has 1 fully saturated rings. The summed E-state index contributed by atoms with van der Waals surface area (Å²) in [4.78, 5) is 26.8. The highest BCUT2D eigenvalue weighted by atomic mass is 32.1. The van der Waals surface area contributed by atoms with Gasteiger partial charge in [-0.25, -0.2) is 4.98 Å². The number of anilines is 3. The third-order valence-corrected chi connectivity index (χ3v) is 5.47. The van der Waals surface area contributed by atoms with E-state index in [1.54, 1.807) is 17.5 Å². The number of hydrogen-bond donors (Lipinski definition) is 1. The largest absolute Gasteiger partial charge is 0.361 e. The average molecular weight is 359 g/mol. The zero-order valence-corrected chi connectivity index (χ0v) is 15.9. The summed E-state index contributed by atoms with van der Waals surface area (Å²) >= 11 is 1.70. The molecule has 2 aromatic rings. The molecule has 134 valence electrons. The Balaban J connectivity index is 1.68. The predicted molar refractivity (Wildman–Crippen MR) is 104 cm³/mol. The maximum absolute atomic E-state index is 12.3. The molecule has 0 bridgehead atoms. The van der Waals surface area contributed by atoms with Gasteiger partial charge in [-0.2, -0.15) is 4.98 Å². The lowest BCUT2D eigenvalue weighted by Gasteiger charge is -2.21. The van der Waals surface area contributed by atoms with Crippen molar-refractivity contribution in [3.8, 4) is 0 Å². The van der Waals surface area contributed by atoms with Crippen molar-refractivity contribution in [1.29, 1.82) is 0 Å². The molecule has 0 saturated carbocycles. The van der Waals surface area contributed by atoms with E-state index < -0.39 is 0 Å². The number of aryl methyl sites for hydroxylation is 2. The number of nitrogens with zero attached hydrogens (tertiary/aromatic N) is 4. The van der Waals surface area contributed by atoms with Gasteiger partial charge in [-0.15, -0.1) is 11.3 Å². The maximum Gasteiger partial charge on any atom is 0.227 e. The number of hydrogen-bond acceptors (Lipinski definition) is 6. The molecule has 7 heteroatoms. The Morgan fingerprint density at radius 3 is 2.76 bits per heavy atom. The Bertz CT molecular complexity index is 737. The molecule has 1 aliphatic heterocycles. The van der Waals surface area contributed by atoms with Crippen LogP contribution in [0.1, 0.15) is 29.7 Å². The van der Waals surface area contributed by atoms with Crippen molar-refractivity contribution < 1.29 is 4.79 Å². The molecule has 3 rings (SSSR count). The van der Waals surface area contributed by atoms with Crippen molar-refractivity contribution in [2.45, 2.75) is 32.6 Å². The smallest absolute Gasteiger partial charge is 0.227 e. The van der Waals surface area contributed by atoms with Gasteiger partial charge in [-0.1, -0.05) is 0 Å². The molecule has 0 aromatic carbocycles. The topological polar surface area (TPSA) is 61.4 Å². The molecule has 0 atom stereocenters.